The average Bonchev–Trinajstić information content (AvgIpc) is 3.12. The molecule has 0 bridgehead atoms. The van der Waals surface area contributed by atoms with E-state index < -0.39 is 16.3 Å². The molecule has 0 saturated carbocycles. The molecule has 0 fully saturated rings. The van der Waals surface area contributed by atoms with Crippen molar-refractivity contribution >= 4 is 85.9 Å². The van der Waals surface area contributed by atoms with Crippen LogP contribution in [0.25, 0.3) is 10.2 Å². The minimum atomic E-state index is -1.39. The van der Waals surface area contributed by atoms with Crippen molar-refractivity contribution in [3.8, 4) is 0 Å². The number of hydrogen-bond donors (Lipinski definition) is 1. The molecule has 12 radical (unpaired) electrons. The van der Waals surface area contributed by atoms with Gasteiger partial charge in [-0.2, -0.15) is 0 Å². The van der Waals surface area contributed by atoms with Crippen molar-refractivity contribution in [2.24, 2.45) is 0 Å². The topological polar surface area (TPSA) is 24.9 Å². The van der Waals surface area contributed by atoms with E-state index in [1.165, 1.54) is 11.3 Å². The maximum atomic E-state index is 6.45. The Bertz CT molecular complexity index is 1180. The number of rotatable bonds is 4. The molecule has 33 heavy (non-hydrogen) atoms. The number of nitrogens with zero attached hydrogens (tertiary/aromatic N) is 1. The minimum Gasteiger partial charge on any atom is -0.380 e. The summed E-state index contributed by atoms with van der Waals surface area (Å²) in [5.74, 6) is -0.435. The molecule has 1 N–H and O–H groups in total. The van der Waals surface area contributed by atoms with Crippen LogP contribution in [0.3, 0.4) is 0 Å². The predicted molar refractivity (Wildman–Crippen MR) is 149 cm³/mol. The number of allylic oxidation sites excluding steroid dienone is 2. The standard InChI is InChI=1S/C21H15B6ClN2S.C2H6/c1-10-15-17(13(7-14(28)30-15)29-9-11-5-3-2-4-6-11)31-16(10)12-8-20(24,25)18(22)19(23)21(12,26)27;1-2/h2-7,12H,8-9H2,1H3,(H,29,30);1-2H3. The molecule has 3 aromatic rings. The maximum Gasteiger partial charge on any atom is 0.131 e. The van der Waals surface area contributed by atoms with Crippen molar-refractivity contribution in [3.05, 3.63) is 68.5 Å². The van der Waals surface area contributed by atoms with Gasteiger partial charge in [0.15, 0.2) is 0 Å². The first-order valence-electron chi connectivity index (χ1n) is 10.8. The molecule has 2 aromatic heterocycles. The highest BCUT2D eigenvalue weighted by Crippen LogP contribution is 2.59. The molecular weight excluding hydrogens is 437 g/mol. The van der Waals surface area contributed by atoms with Crippen LogP contribution in [-0.4, -0.2) is 52.1 Å². The van der Waals surface area contributed by atoms with Gasteiger partial charge in [0.1, 0.15) is 20.8 Å². The number of halogens is 1. The fraction of sp³-hybridized carbons (Fsp3) is 0.348. The van der Waals surface area contributed by atoms with Gasteiger partial charge in [0.05, 0.1) is 47.3 Å². The average molecular weight is 458 g/mol. The maximum absolute atomic E-state index is 6.45. The van der Waals surface area contributed by atoms with Crippen LogP contribution in [-0.2, 0) is 6.54 Å². The largest absolute Gasteiger partial charge is 0.380 e. The Labute approximate surface area is 214 Å². The van der Waals surface area contributed by atoms with E-state index in [1.807, 2.05) is 45.0 Å². The Morgan fingerprint density at radius 1 is 1.09 bits per heavy atom. The van der Waals surface area contributed by atoms with Crippen molar-refractivity contribution < 1.29 is 0 Å². The van der Waals surface area contributed by atoms with E-state index in [4.69, 9.17) is 58.7 Å². The number of pyridine rings is 1. The second kappa shape index (κ2) is 10.0. The van der Waals surface area contributed by atoms with Gasteiger partial charge in [-0.05, 0) is 24.0 Å². The molecule has 2 heterocycles. The lowest BCUT2D eigenvalue weighted by Gasteiger charge is -2.50. The van der Waals surface area contributed by atoms with Gasteiger partial charge in [-0.25, -0.2) is 4.98 Å². The third-order valence-corrected chi connectivity index (χ3v) is 7.52. The van der Waals surface area contributed by atoms with E-state index in [-0.39, 0.29) is 17.4 Å². The third kappa shape index (κ3) is 5.00. The van der Waals surface area contributed by atoms with Crippen LogP contribution in [0.2, 0.25) is 15.6 Å². The Balaban J connectivity index is 0.00000149. The van der Waals surface area contributed by atoms with E-state index in [0.717, 1.165) is 31.9 Å². The van der Waals surface area contributed by atoms with Crippen LogP contribution < -0.4 is 5.32 Å². The zero-order chi connectivity index (χ0) is 24.6. The SMILES string of the molecule is CC.[B]C1=C([B])C([B])([B])C(c2sc3c(NCc4ccccc4)cc(Cl)nc3c2C)CC1([B])[B]. The summed E-state index contributed by atoms with van der Waals surface area (Å²) in [6.45, 7) is 6.60. The first kappa shape index (κ1) is 26.2. The molecule has 1 unspecified atom stereocenters. The Morgan fingerprint density at radius 3 is 2.36 bits per heavy atom. The molecule has 1 atom stereocenters. The number of nitrogens with one attached hydrogen (secondary N) is 1. The zero-order valence-electron chi connectivity index (χ0n) is 19.2. The van der Waals surface area contributed by atoms with Crippen LogP contribution in [0, 0.1) is 6.92 Å². The van der Waals surface area contributed by atoms with Crippen molar-refractivity contribution in [1.82, 2.24) is 4.98 Å². The normalized spacial score (nSPS) is 19.1. The number of aromatic nitrogens is 1. The first-order chi connectivity index (χ1) is 15.5. The smallest absolute Gasteiger partial charge is 0.131 e. The summed E-state index contributed by atoms with van der Waals surface area (Å²) >= 11 is 7.87. The lowest BCUT2D eigenvalue weighted by Crippen LogP contribution is -2.37. The Hall–Kier alpha value is -1.45. The van der Waals surface area contributed by atoms with Crippen LogP contribution in [0.4, 0.5) is 5.69 Å². The first-order valence-corrected chi connectivity index (χ1v) is 12.0. The second-order valence-electron chi connectivity index (χ2n) is 8.16. The summed E-state index contributed by atoms with van der Waals surface area (Å²) < 4.78 is 0.948. The third-order valence-electron chi connectivity index (χ3n) is 5.90. The molecular formula is C23H21B6ClN2S. The number of fused-ring (bicyclic) bond motifs is 1. The van der Waals surface area contributed by atoms with Crippen molar-refractivity contribution in [2.75, 3.05) is 5.32 Å². The van der Waals surface area contributed by atoms with E-state index in [1.54, 1.807) is 0 Å². The highest BCUT2D eigenvalue weighted by molar-refractivity contribution is 7.20. The number of benzene rings is 1. The van der Waals surface area contributed by atoms with Gasteiger partial charge in [-0.3, -0.25) is 0 Å². The van der Waals surface area contributed by atoms with Gasteiger partial charge in [0.2, 0.25) is 0 Å². The number of aryl methyl sites for hydroxylation is 1. The summed E-state index contributed by atoms with van der Waals surface area (Å²) in [6.07, 6.45) is 0.251. The number of hydrogen-bond acceptors (Lipinski definition) is 3. The molecule has 1 aromatic carbocycles. The van der Waals surface area contributed by atoms with Crippen molar-refractivity contribution in [1.29, 1.82) is 0 Å². The molecule has 0 spiro atoms. The fourth-order valence-corrected chi connectivity index (χ4v) is 5.64. The van der Waals surface area contributed by atoms with Crippen LogP contribution >= 0.6 is 22.9 Å². The van der Waals surface area contributed by atoms with Crippen molar-refractivity contribution in [3.63, 3.8) is 0 Å². The lowest BCUT2D eigenvalue weighted by atomic mass is 9.29. The Morgan fingerprint density at radius 2 is 1.73 bits per heavy atom. The molecule has 1 aliphatic rings. The molecule has 0 amide bonds. The summed E-state index contributed by atoms with van der Waals surface area (Å²) in [6, 6.07) is 11.9. The van der Waals surface area contributed by atoms with Gasteiger partial charge < -0.3 is 5.32 Å². The van der Waals surface area contributed by atoms with Gasteiger partial charge in [-0.15, -0.1) is 22.3 Å². The molecule has 154 valence electrons. The Kier molecular flexibility index (Phi) is 7.96. The van der Waals surface area contributed by atoms with Gasteiger partial charge in [0, 0.05) is 17.5 Å². The van der Waals surface area contributed by atoms with E-state index in [9.17, 15) is 0 Å². The van der Waals surface area contributed by atoms with Crippen LogP contribution in [0.5, 0.6) is 0 Å². The molecule has 1 aliphatic carbocycles. The highest BCUT2D eigenvalue weighted by atomic mass is 35.5. The van der Waals surface area contributed by atoms with Crippen molar-refractivity contribution in [2.45, 2.75) is 50.1 Å². The minimum absolute atomic E-state index is 0.110. The van der Waals surface area contributed by atoms with Crippen LogP contribution in [0.1, 0.15) is 42.2 Å². The predicted octanol–water partition coefficient (Wildman–Crippen LogP) is 4.84. The lowest BCUT2D eigenvalue weighted by molar-refractivity contribution is 0.551. The summed E-state index contributed by atoms with van der Waals surface area (Å²) in [4.78, 5) is 5.46. The van der Waals surface area contributed by atoms with Gasteiger partial charge >= 0.3 is 0 Å². The molecule has 0 aliphatic heterocycles. The molecule has 10 heteroatoms. The second-order valence-corrected chi connectivity index (χ2v) is 9.60. The van der Waals surface area contributed by atoms with Crippen LogP contribution in [0.15, 0.2) is 47.3 Å². The van der Waals surface area contributed by atoms with E-state index in [0.29, 0.717) is 11.7 Å². The molecule has 0 saturated heterocycles. The summed E-state index contributed by atoms with van der Waals surface area (Å²) in [5, 5.41) is 1.16. The fourth-order valence-electron chi connectivity index (χ4n) is 4.02. The summed E-state index contributed by atoms with van der Waals surface area (Å²) in [7, 11) is 37.6. The molecule has 2 nitrogen and oxygen atoms in total. The quantitative estimate of drug-likeness (QED) is 0.448. The zero-order valence-corrected chi connectivity index (χ0v) is 20.7. The highest BCUT2D eigenvalue weighted by Gasteiger charge is 2.42. The van der Waals surface area contributed by atoms with E-state index >= 15 is 0 Å². The molecule has 4 rings (SSSR count). The summed E-state index contributed by atoms with van der Waals surface area (Å²) in [5.41, 5.74) is 3.96. The van der Waals surface area contributed by atoms with Gasteiger partial charge in [0.25, 0.3) is 0 Å². The van der Waals surface area contributed by atoms with E-state index in [2.05, 4.69) is 22.4 Å². The number of anilines is 1. The monoisotopic (exact) mass is 458 g/mol. The van der Waals surface area contributed by atoms with Gasteiger partial charge in [-0.1, -0.05) is 72.6 Å². The number of thiophene rings is 1.